The number of amides is 1. The molecule has 1 saturated heterocycles. The van der Waals surface area contributed by atoms with Gasteiger partial charge in [-0.05, 0) is 11.1 Å². The lowest BCUT2D eigenvalue weighted by Crippen LogP contribution is -2.31. The van der Waals surface area contributed by atoms with Crippen molar-refractivity contribution in [2.45, 2.75) is 6.54 Å². The number of carbonyl (C=O) groups is 2. The lowest BCUT2D eigenvalue weighted by atomic mass is 9.94. The van der Waals surface area contributed by atoms with Gasteiger partial charge in [-0.25, -0.2) is 0 Å². The third-order valence-corrected chi connectivity index (χ3v) is 4.44. The van der Waals surface area contributed by atoms with Crippen LogP contribution in [-0.2, 0) is 20.9 Å². The quantitative estimate of drug-likeness (QED) is 0.623. The molecule has 128 valence electrons. The highest BCUT2D eigenvalue weighted by Gasteiger charge is 2.44. The van der Waals surface area contributed by atoms with Gasteiger partial charge < -0.3 is 9.64 Å². The Labute approximate surface area is 147 Å². The van der Waals surface area contributed by atoms with Gasteiger partial charge in [-0.1, -0.05) is 72.8 Å². The first kappa shape index (κ1) is 17.0. The maximum absolute atomic E-state index is 12.7. The second kappa shape index (κ2) is 7.79. The van der Waals surface area contributed by atoms with E-state index in [4.69, 9.17) is 4.74 Å². The van der Waals surface area contributed by atoms with E-state index in [0.29, 0.717) is 13.1 Å². The van der Waals surface area contributed by atoms with Crippen LogP contribution in [0.4, 0.5) is 0 Å². The van der Waals surface area contributed by atoms with Crippen molar-refractivity contribution in [3.63, 3.8) is 0 Å². The Bertz CT molecular complexity index is 755. The number of ether oxygens (including phenoxy) is 1. The molecule has 1 fully saturated rings. The summed E-state index contributed by atoms with van der Waals surface area (Å²) in [5.41, 5.74) is 2.09. The molecule has 2 atom stereocenters. The van der Waals surface area contributed by atoms with E-state index in [1.807, 2.05) is 72.8 Å². The second-order valence-electron chi connectivity index (χ2n) is 6.14. The number of methoxy groups -OCH3 is 1. The SMILES string of the molecule is COC(=O)[C@@H]1C(=O)N(Cc2ccccc2)C[C@H]1/C=C/c1ccccc1. The number of hydrogen-bond donors (Lipinski definition) is 0. The van der Waals surface area contributed by atoms with Crippen molar-refractivity contribution in [2.75, 3.05) is 13.7 Å². The van der Waals surface area contributed by atoms with Crippen molar-refractivity contribution in [3.05, 3.63) is 77.9 Å². The van der Waals surface area contributed by atoms with Crippen LogP contribution in [0.25, 0.3) is 6.08 Å². The fraction of sp³-hybridized carbons (Fsp3) is 0.238. The summed E-state index contributed by atoms with van der Waals surface area (Å²) in [6.45, 7) is 1.01. The summed E-state index contributed by atoms with van der Waals surface area (Å²) < 4.78 is 4.87. The molecular formula is C21H21NO3. The summed E-state index contributed by atoms with van der Waals surface area (Å²) in [7, 11) is 1.33. The Morgan fingerprint density at radius 3 is 2.40 bits per heavy atom. The van der Waals surface area contributed by atoms with Gasteiger partial charge in [0.2, 0.25) is 5.91 Å². The Balaban J connectivity index is 1.79. The first-order valence-electron chi connectivity index (χ1n) is 8.33. The Hall–Kier alpha value is -2.88. The van der Waals surface area contributed by atoms with Crippen LogP contribution in [0.5, 0.6) is 0 Å². The molecule has 4 heteroatoms. The molecule has 0 aliphatic carbocycles. The summed E-state index contributed by atoms with van der Waals surface area (Å²) in [5.74, 6) is -1.60. The zero-order chi connectivity index (χ0) is 17.6. The molecule has 0 N–H and O–H groups in total. The van der Waals surface area contributed by atoms with Gasteiger partial charge in [-0.15, -0.1) is 0 Å². The van der Waals surface area contributed by atoms with Gasteiger partial charge in [0.25, 0.3) is 0 Å². The zero-order valence-electron chi connectivity index (χ0n) is 14.2. The third-order valence-electron chi connectivity index (χ3n) is 4.44. The Morgan fingerprint density at radius 2 is 1.76 bits per heavy atom. The molecule has 0 spiro atoms. The average molecular weight is 335 g/mol. The predicted molar refractivity (Wildman–Crippen MR) is 96.3 cm³/mol. The minimum absolute atomic E-state index is 0.168. The summed E-state index contributed by atoms with van der Waals surface area (Å²) in [4.78, 5) is 26.6. The highest BCUT2D eigenvalue weighted by molar-refractivity contribution is 6.00. The number of carbonyl (C=O) groups excluding carboxylic acids is 2. The number of esters is 1. The average Bonchev–Trinajstić information content (AvgIpc) is 2.96. The van der Waals surface area contributed by atoms with Crippen LogP contribution in [-0.4, -0.2) is 30.4 Å². The van der Waals surface area contributed by atoms with Gasteiger partial charge in [-0.2, -0.15) is 0 Å². The highest BCUT2D eigenvalue weighted by Crippen LogP contribution is 2.29. The number of hydrogen-bond acceptors (Lipinski definition) is 3. The van der Waals surface area contributed by atoms with Crippen LogP contribution < -0.4 is 0 Å². The maximum atomic E-state index is 12.7. The normalized spacial score (nSPS) is 20.2. The maximum Gasteiger partial charge on any atom is 0.318 e. The standard InChI is InChI=1S/C21H21NO3/c1-25-21(24)19-18(13-12-16-8-4-2-5-9-16)15-22(20(19)23)14-17-10-6-3-7-11-17/h2-13,18-19H,14-15H2,1H3/b13-12+/t18-,19+/m1/s1. The van der Waals surface area contributed by atoms with Gasteiger partial charge in [0.05, 0.1) is 7.11 Å². The minimum atomic E-state index is -0.770. The number of rotatable bonds is 5. The van der Waals surface area contributed by atoms with Crippen molar-refractivity contribution in [3.8, 4) is 0 Å². The largest absolute Gasteiger partial charge is 0.468 e. The lowest BCUT2D eigenvalue weighted by molar-refractivity contribution is -0.151. The second-order valence-corrected chi connectivity index (χ2v) is 6.14. The van der Waals surface area contributed by atoms with Crippen molar-refractivity contribution < 1.29 is 14.3 Å². The minimum Gasteiger partial charge on any atom is -0.468 e. The lowest BCUT2D eigenvalue weighted by Gasteiger charge is -2.16. The van der Waals surface area contributed by atoms with Crippen LogP contribution >= 0.6 is 0 Å². The van der Waals surface area contributed by atoms with E-state index in [-0.39, 0.29) is 11.8 Å². The molecule has 0 saturated carbocycles. The molecule has 0 bridgehead atoms. The molecule has 1 aliphatic heterocycles. The van der Waals surface area contributed by atoms with Gasteiger partial charge in [-0.3, -0.25) is 9.59 Å². The fourth-order valence-electron chi connectivity index (χ4n) is 3.15. The van der Waals surface area contributed by atoms with E-state index < -0.39 is 11.9 Å². The van der Waals surface area contributed by atoms with Crippen LogP contribution in [0.2, 0.25) is 0 Å². The molecule has 2 aromatic rings. The number of nitrogens with zero attached hydrogens (tertiary/aromatic N) is 1. The molecular weight excluding hydrogens is 314 g/mol. The molecule has 3 rings (SSSR count). The molecule has 0 aromatic heterocycles. The topological polar surface area (TPSA) is 46.6 Å². The van der Waals surface area contributed by atoms with Gasteiger partial charge in [0.1, 0.15) is 5.92 Å². The first-order valence-corrected chi connectivity index (χ1v) is 8.33. The van der Waals surface area contributed by atoms with E-state index in [2.05, 4.69) is 0 Å². The summed E-state index contributed by atoms with van der Waals surface area (Å²) in [5, 5.41) is 0. The molecule has 25 heavy (non-hydrogen) atoms. The molecule has 1 heterocycles. The number of benzene rings is 2. The highest BCUT2D eigenvalue weighted by atomic mass is 16.5. The van der Waals surface area contributed by atoms with Crippen LogP contribution in [0, 0.1) is 11.8 Å². The summed E-state index contributed by atoms with van der Waals surface area (Å²) >= 11 is 0. The molecule has 1 amide bonds. The predicted octanol–water partition coefficient (Wildman–Crippen LogP) is 3.15. The van der Waals surface area contributed by atoms with Gasteiger partial charge in [0.15, 0.2) is 0 Å². The number of likely N-dealkylation sites (tertiary alicyclic amines) is 1. The van der Waals surface area contributed by atoms with Gasteiger partial charge in [0, 0.05) is 19.0 Å². The fourth-order valence-corrected chi connectivity index (χ4v) is 3.15. The smallest absolute Gasteiger partial charge is 0.318 e. The molecule has 0 radical (unpaired) electrons. The zero-order valence-corrected chi connectivity index (χ0v) is 14.2. The van der Waals surface area contributed by atoms with Gasteiger partial charge >= 0.3 is 5.97 Å². The van der Waals surface area contributed by atoms with Crippen LogP contribution in [0.15, 0.2) is 66.7 Å². The summed E-state index contributed by atoms with van der Waals surface area (Å²) in [6, 6.07) is 19.6. The van der Waals surface area contributed by atoms with Crippen molar-refractivity contribution >= 4 is 18.0 Å². The van der Waals surface area contributed by atoms with Crippen molar-refractivity contribution in [1.82, 2.24) is 4.90 Å². The molecule has 2 aromatic carbocycles. The van der Waals surface area contributed by atoms with E-state index in [1.165, 1.54) is 7.11 Å². The Kier molecular flexibility index (Phi) is 5.29. The third kappa shape index (κ3) is 3.97. The molecule has 0 unspecified atom stereocenters. The molecule has 1 aliphatic rings. The van der Waals surface area contributed by atoms with E-state index >= 15 is 0 Å². The Morgan fingerprint density at radius 1 is 1.12 bits per heavy atom. The van der Waals surface area contributed by atoms with Crippen LogP contribution in [0.1, 0.15) is 11.1 Å². The van der Waals surface area contributed by atoms with Crippen molar-refractivity contribution in [1.29, 1.82) is 0 Å². The van der Waals surface area contributed by atoms with Crippen LogP contribution in [0.3, 0.4) is 0 Å². The van der Waals surface area contributed by atoms with Crippen molar-refractivity contribution in [2.24, 2.45) is 11.8 Å². The summed E-state index contributed by atoms with van der Waals surface area (Å²) in [6.07, 6.45) is 3.90. The monoisotopic (exact) mass is 335 g/mol. The van der Waals surface area contributed by atoms with E-state index in [0.717, 1.165) is 11.1 Å². The van der Waals surface area contributed by atoms with E-state index in [1.54, 1.807) is 4.90 Å². The van der Waals surface area contributed by atoms with E-state index in [9.17, 15) is 9.59 Å². The molecule has 4 nitrogen and oxygen atoms in total. The first-order chi connectivity index (χ1) is 12.2.